The van der Waals surface area contributed by atoms with Crippen molar-refractivity contribution in [2.75, 3.05) is 39.6 Å². The summed E-state index contributed by atoms with van der Waals surface area (Å²) in [4.78, 5) is 0. The van der Waals surface area contributed by atoms with E-state index in [1.54, 1.807) is 0 Å². The fourth-order valence-electron chi connectivity index (χ4n) is 4.07. The summed E-state index contributed by atoms with van der Waals surface area (Å²) in [6.45, 7) is 3.77. The summed E-state index contributed by atoms with van der Waals surface area (Å²) in [7, 11) is 0. The van der Waals surface area contributed by atoms with Crippen LogP contribution in [-0.2, 0) is 0 Å². The smallest absolute Gasteiger partial charge is 0.119 e. The molecule has 0 N–H and O–H groups in total. The third kappa shape index (κ3) is 12.5. The zero-order valence-corrected chi connectivity index (χ0v) is 24.3. The maximum atomic E-state index is 5.83. The molecule has 0 spiro atoms. The second-order valence-electron chi connectivity index (χ2n) is 9.65. The monoisotopic (exact) mass is 570 g/mol. The van der Waals surface area contributed by atoms with Gasteiger partial charge in [0, 0.05) is 0 Å². The first-order valence-corrected chi connectivity index (χ1v) is 14.9. The minimum absolute atomic E-state index is 0.628. The SMILES string of the molecule is C1=C/CCOc2ccc(cc2)OCC/C=C/CCOc2ccc(cc2)OCC/C=C/CCOc2ccc(cc2)OCC/1. The summed E-state index contributed by atoms with van der Waals surface area (Å²) in [6, 6.07) is 23.3. The van der Waals surface area contributed by atoms with Gasteiger partial charge < -0.3 is 28.4 Å². The van der Waals surface area contributed by atoms with Crippen molar-refractivity contribution in [3.8, 4) is 34.5 Å². The van der Waals surface area contributed by atoms with Crippen molar-refractivity contribution in [2.45, 2.75) is 38.5 Å². The highest BCUT2D eigenvalue weighted by molar-refractivity contribution is 5.33. The summed E-state index contributed by atoms with van der Waals surface area (Å²) in [6.07, 6.45) is 17.8. The highest BCUT2D eigenvalue weighted by Crippen LogP contribution is 2.20. The Balaban J connectivity index is 1.23. The lowest BCUT2D eigenvalue weighted by atomic mass is 10.3. The van der Waals surface area contributed by atoms with E-state index in [1.807, 2.05) is 72.8 Å². The van der Waals surface area contributed by atoms with Crippen molar-refractivity contribution >= 4 is 0 Å². The molecule has 0 amide bonds. The third-order valence-electron chi connectivity index (χ3n) is 6.29. The predicted molar refractivity (Wildman–Crippen MR) is 167 cm³/mol. The molecule has 0 saturated heterocycles. The molecule has 222 valence electrons. The number of hydrogen-bond donors (Lipinski definition) is 0. The molecule has 0 saturated carbocycles. The Morgan fingerprint density at radius 1 is 0.238 bits per heavy atom. The standard InChI is InChI=1S/C36H42O6/c1-2-8-26-38-32-17-19-34(20-18-32)40-28-10-5-6-12-30-42-36-23-21-35(22-24-36)41-29-11-4-3-9-27-39-33-15-13-31(14-16-33)37-25-7-1/h1-6,13-24H,7-12,25-30H2/b2-1+,4-3+,6-5+. The molecular formula is C36H42O6. The Kier molecular flexibility index (Phi) is 13.8. The first-order chi connectivity index (χ1) is 20.8. The molecule has 0 aliphatic carbocycles. The molecule has 0 radical (unpaired) electrons. The second-order valence-corrected chi connectivity index (χ2v) is 9.65. The zero-order valence-electron chi connectivity index (χ0n) is 24.3. The number of rotatable bonds is 0. The fraction of sp³-hybridized carbons (Fsp3) is 0.333. The molecule has 0 unspecified atom stereocenters. The molecule has 42 heavy (non-hydrogen) atoms. The summed E-state index contributed by atoms with van der Waals surface area (Å²) < 4.78 is 35.0. The van der Waals surface area contributed by atoms with Crippen LogP contribution < -0.4 is 28.4 Å². The Morgan fingerprint density at radius 3 is 0.524 bits per heavy atom. The molecule has 6 bridgehead atoms. The van der Waals surface area contributed by atoms with Crippen LogP contribution in [0.1, 0.15) is 38.5 Å². The van der Waals surface area contributed by atoms with Crippen LogP contribution in [0, 0.1) is 0 Å². The number of fused-ring (bicyclic) bond motifs is 3. The van der Waals surface area contributed by atoms with E-state index >= 15 is 0 Å². The Bertz CT molecular complexity index is 965. The molecule has 4 heterocycles. The van der Waals surface area contributed by atoms with Gasteiger partial charge in [-0.15, -0.1) is 0 Å². The first kappa shape index (κ1) is 30.6. The van der Waals surface area contributed by atoms with Gasteiger partial charge in [0.05, 0.1) is 39.6 Å². The Morgan fingerprint density at radius 2 is 0.381 bits per heavy atom. The molecule has 0 atom stereocenters. The van der Waals surface area contributed by atoms with E-state index in [2.05, 4.69) is 36.5 Å². The second kappa shape index (κ2) is 18.9. The maximum Gasteiger partial charge on any atom is 0.119 e. The van der Waals surface area contributed by atoms with Gasteiger partial charge in [-0.1, -0.05) is 36.5 Å². The normalized spacial score (nSPS) is 18.6. The number of benzene rings is 3. The molecular weight excluding hydrogens is 528 g/mol. The van der Waals surface area contributed by atoms with Gasteiger partial charge in [-0.3, -0.25) is 0 Å². The Hall–Kier alpha value is -4.32. The van der Waals surface area contributed by atoms with Gasteiger partial charge in [-0.25, -0.2) is 0 Å². The quantitative estimate of drug-likeness (QED) is 0.253. The summed E-state index contributed by atoms with van der Waals surface area (Å²) >= 11 is 0. The average molecular weight is 571 g/mol. The van der Waals surface area contributed by atoms with E-state index in [-0.39, 0.29) is 0 Å². The average Bonchev–Trinajstić information content (AvgIpc) is 3.02. The molecule has 4 aliphatic rings. The molecule has 3 aromatic rings. The first-order valence-electron chi connectivity index (χ1n) is 14.9. The van der Waals surface area contributed by atoms with Gasteiger partial charge in [0.1, 0.15) is 34.5 Å². The van der Waals surface area contributed by atoms with Gasteiger partial charge in [-0.2, -0.15) is 0 Å². The number of ether oxygens (including phenoxy) is 6. The van der Waals surface area contributed by atoms with E-state index in [4.69, 9.17) is 28.4 Å². The summed E-state index contributed by atoms with van der Waals surface area (Å²) in [5.74, 6) is 5.05. The highest BCUT2D eigenvalue weighted by atomic mass is 16.5. The summed E-state index contributed by atoms with van der Waals surface area (Å²) in [5, 5.41) is 0. The zero-order chi connectivity index (χ0) is 28.9. The highest BCUT2D eigenvalue weighted by Gasteiger charge is 1.99. The van der Waals surface area contributed by atoms with E-state index in [9.17, 15) is 0 Å². The van der Waals surface area contributed by atoms with Crippen LogP contribution in [0.15, 0.2) is 109 Å². The van der Waals surface area contributed by atoms with Crippen molar-refractivity contribution in [3.05, 3.63) is 109 Å². The van der Waals surface area contributed by atoms with E-state index in [0.29, 0.717) is 39.6 Å². The lowest BCUT2D eigenvalue weighted by Crippen LogP contribution is -1.99. The van der Waals surface area contributed by atoms with Crippen molar-refractivity contribution in [1.29, 1.82) is 0 Å². The molecule has 0 aromatic heterocycles. The molecule has 4 aliphatic heterocycles. The molecule has 0 fully saturated rings. The van der Waals surface area contributed by atoms with Crippen molar-refractivity contribution in [1.82, 2.24) is 0 Å². The van der Waals surface area contributed by atoms with Gasteiger partial charge >= 0.3 is 0 Å². The minimum atomic E-state index is 0.628. The van der Waals surface area contributed by atoms with E-state index in [1.165, 1.54) is 0 Å². The number of hydrogen-bond acceptors (Lipinski definition) is 6. The minimum Gasteiger partial charge on any atom is -0.493 e. The van der Waals surface area contributed by atoms with Gasteiger partial charge in [-0.05, 0) is 111 Å². The van der Waals surface area contributed by atoms with Gasteiger partial charge in [0.2, 0.25) is 0 Å². The van der Waals surface area contributed by atoms with Crippen LogP contribution in [0.4, 0.5) is 0 Å². The van der Waals surface area contributed by atoms with Crippen LogP contribution >= 0.6 is 0 Å². The van der Waals surface area contributed by atoms with Crippen LogP contribution in [0.2, 0.25) is 0 Å². The van der Waals surface area contributed by atoms with Crippen molar-refractivity contribution < 1.29 is 28.4 Å². The third-order valence-corrected chi connectivity index (χ3v) is 6.29. The topological polar surface area (TPSA) is 55.4 Å². The van der Waals surface area contributed by atoms with Gasteiger partial charge in [0.15, 0.2) is 0 Å². The van der Waals surface area contributed by atoms with Crippen LogP contribution in [-0.4, -0.2) is 39.6 Å². The molecule has 6 heteroatoms. The molecule has 3 aromatic carbocycles. The summed E-state index contributed by atoms with van der Waals surface area (Å²) in [5.41, 5.74) is 0. The lowest BCUT2D eigenvalue weighted by molar-refractivity contribution is 0.312. The fourth-order valence-corrected chi connectivity index (χ4v) is 4.07. The van der Waals surface area contributed by atoms with Gasteiger partial charge in [0.25, 0.3) is 0 Å². The largest absolute Gasteiger partial charge is 0.493 e. The van der Waals surface area contributed by atoms with Crippen LogP contribution in [0.3, 0.4) is 0 Å². The van der Waals surface area contributed by atoms with E-state index in [0.717, 1.165) is 73.0 Å². The molecule has 6 nitrogen and oxygen atoms in total. The van der Waals surface area contributed by atoms with Crippen LogP contribution in [0.5, 0.6) is 34.5 Å². The van der Waals surface area contributed by atoms with Crippen molar-refractivity contribution in [2.24, 2.45) is 0 Å². The lowest BCUT2D eigenvalue weighted by Gasteiger charge is -2.08. The Labute approximate surface area is 250 Å². The maximum absolute atomic E-state index is 5.83. The van der Waals surface area contributed by atoms with E-state index < -0.39 is 0 Å². The van der Waals surface area contributed by atoms with Crippen LogP contribution in [0.25, 0.3) is 0 Å². The predicted octanol–water partition coefficient (Wildman–Crippen LogP) is 8.38. The molecule has 7 rings (SSSR count). The van der Waals surface area contributed by atoms with Crippen molar-refractivity contribution in [3.63, 3.8) is 0 Å².